The van der Waals surface area contributed by atoms with E-state index in [9.17, 15) is 0 Å². The molecule has 0 amide bonds. The van der Waals surface area contributed by atoms with Crippen molar-refractivity contribution in [3.63, 3.8) is 0 Å². The van der Waals surface area contributed by atoms with Crippen LogP contribution in [0.25, 0.3) is 0 Å². The molecule has 0 saturated carbocycles. The van der Waals surface area contributed by atoms with Gasteiger partial charge in [-0.05, 0) is 43.1 Å². The monoisotopic (exact) mass is 299 g/mol. The number of thioether (sulfide) groups is 1. The van der Waals surface area contributed by atoms with Gasteiger partial charge in [0, 0.05) is 5.75 Å². The summed E-state index contributed by atoms with van der Waals surface area (Å²) in [6.45, 7) is 4.46. The number of hydrogen-bond acceptors (Lipinski definition) is 3. The number of rotatable bonds is 8. The Bertz CT molecular complexity index is 583. The maximum absolute atomic E-state index is 6.14. The second kappa shape index (κ2) is 8.55. The van der Waals surface area contributed by atoms with Gasteiger partial charge in [-0.25, -0.2) is 0 Å². The summed E-state index contributed by atoms with van der Waals surface area (Å²) in [5, 5.41) is 0. The minimum absolute atomic E-state index is 0.695. The summed E-state index contributed by atoms with van der Waals surface area (Å²) in [6.07, 6.45) is 3.80. The number of aryl methyl sites for hydroxylation is 1. The molecule has 0 radical (unpaired) electrons. The largest absolute Gasteiger partial charge is 0.456 e. The lowest BCUT2D eigenvalue weighted by molar-refractivity contribution is 0.464. The van der Waals surface area contributed by atoms with Crippen LogP contribution >= 0.6 is 11.8 Å². The summed E-state index contributed by atoms with van der Waals surface area (Å²) in [5.41, 5.74) is 6.80. The second-order valence-electron chi connectivity index (χ2n) is 4.65. The van der Waals surface area contributed by atoms with Crippen LogP contribution < -0.4 is 10.5 Å². The minimum atomic E-state index is 0.695. The van der Waals surface area contributed by atoms with Gasteiger partial charge < -0.3 is 10.5 Å². The standard InChI is InChI=1S/C18H21NOS/c1-2-14-21-18-12-6-5-11-17(18)20-16-10-4-3-8-15(16)9-7-13-19/h2-6,8,10-12H,1,7,9,13-14,19H2. The zero-order valence-corrected chi connectivity index (χ0v) is 12.9. The van der Waals surface area contributed by atoms with Crippen LogP contribution in [0.5, 0.6) is 11.5 Å². The van der Waals surface area contributed by atoms with E-state index in [0.29, 0.717) is 6.54 Å². The van der Waals surface area contributed by atoms with Crippen LogP contribution in [0.15, 0.2) is 66.1 Å². The van der Waals surface area contributed by atoms with Gasteiger partial charge >= 0.3 is 0 Å². The molecule has 3 heteroatoms. The lowest BCUT2D eigenvalue weighted by Crippen LogP contribution is -2.01. The van der Waals surface area contributed by atoms with Crippen molar-refractivity contribution in [2.24, 2.45) is 5.73 Å². The van der Waals surface area contributed by atoms with E-state index in [1.165, 1.54) is 5.56 Å². The molecule has 21 heavy (non-hydrogen) atoms. The first-order chi connectivity index (χ1) is 10.3. The second-order valence-corrected chi connectivity index (χ2v) is 5.71. The van der Waals surface area contributed by atoms with Gasteiger partial charge in [-0.1, -0.05) is 36.4 Å². The molecule has 0 aliphatic rings. The van der Waals surface area contributed by atoms with E-state index in [4.69, 9.17) is 10.5 Å². The number of ether oxygens (including phenoxy) is 1. The molecule has 110 valence electrons. The van der Waals surface area contributed by atoms with Crippen LogP contribution in [0.3, 0.4) is 0 Å². The van der Waals surface area contributed by atoms with Crippen LogP contribution in [0, 0.1) is 0 Å². The number of nitrogens with two attached hydrogens (primary N) is 1. The summed E-state index contributed by atoms with van der Waals surface area (Å²) < 4.78 is 6.14. The normalized spacial score (nSPS) is 10.3. The maximum Gasteiger partial charge on any atom is 0.140 e. The van der Waals surface area contributed by atoms with Crippen LogP contribution in [-0.2, 0) is 6.42 Å². The molecule has 2 aromatic carbocycles. The van der Waals surface area contributed by atoms with E-state index in [1.54, 1.807) is 11.8 Å². The van der Waals surface area contributed by atoms with E-state index in [2.05, 4.69) is 18.7 Å². The summed E-state index contributed by atoms with van der Waals surface area (Å²) in [6, 6.07) is 16.3. The molecule has 2 rings (SSSR count). The Labute approximate surface area is 131 Å². The molecule has 2 nitrogen and oxygen atoms in total. The highest BCUT2D eigenvalue weighted by Gasteiger charge is 2.07. The Morgan fingerprint density at radius 2 is 1.76 bits per heavy atom. The first-order valence-corrected chi connectivity index (χ1v) is 8.12. The Morgan fingerprint density at radius 3 is 2.52 bits per heavy atom. The average Bonchev–Trinajstić information content (AvgIpc) is 2.53. The SMILES string of the molecule is C=CCSc1ccccc1Oc1ccccc1CCCN. The van der Waals surface area contributed by atoms with Crippen molar-refractivity contribution in [1.82, 2.24) is 0 Å². The fourth-order valence-electron chi connectivity index (χ4n) is 2.02. The van der Waals surface area contributed by atoms with Gasteiger partial charge in [0.25, 0.3) is 0 Å². The quantitative estimate of drug-likeness (QED) is 0.569. The molecular weight excluding hydrogens is 278 g/mol. The summed E-state index contributed by atoms with van der Waals surface area (Å²) in [7, 11) is 0. The molecule has 0 aliphatic carbocycles. The van der Waals surface area contributed by atoms with Crippen LogP contribution in [0.4, 0.5) is 0 Å². The van der Waals surface area contributed by atoms with Crippen LogP contribution in [0.2, 0.25) is 0 Å². The Kier molecular flexibility index (Phi) is 6.38. The van der Waals surface area contributed by atoms with Crippen LogP contribution in [-0.4, -0.2) is 12.3 Å². The van der Waals surface area contributed by atoms with Gasteiger partial charge in [-0.15, -0.1) is 18.3 Å². The third kappa shape index (κ3) is 4.66. The van der Waals surface area contributed by atoms with Gasteiger partial charge in [-0.3, -0.25) is 0 Å². The highest BCUT2D eigenvalue weighted by Crippen LogP contribution is 2.34. The summed E-state index contributed by atoms with van der Waals surface area (Å²) in [5.74, 6) is 2.68. The molecule has 2 aromatic rings. The van der Waals surface area contributed by atoms with E-state index < -0.39 is 0 Å². The number of benzene rings is 2. The zero-order valence-electron chi connectivity index (χ0n) is 12.1. The Hall–Kier alpha value is -1.71. The predicted octanol–water partition coefficient (Wildman–Crippen LogP) is 4.65. The van der Waals surface area contributed by atoms with Crippen molar-refractivity contribution in [3.8, 4) is 11.5 Å². The van der Waals surface area contributed by atoms with E-state index in [0.717, 1.165) is 35.0 Å². The Morgan fingerprint density at radius 1 is 1.05 bits per heavy atom. The van der Waals surface area contributed by atoms with E-state index >= 15 is 0 Å². The van der Waals surface area contributed by atoms with Gasteiger partial charge in [0.15, 0.2) is 0 Å². The first-order valence-electron chi connectivity index (χ1n) is 7.13. The molecule has 0 aliphatic heterocycles. The fourth-order valence-corrected chi connectivity index (χ4v) is 2.75. The lowest BCUT2D eigenvalue weighted by Gasteiger charge is -2.13. The highest BCUT2D eigenvalue weighted by atomic mass is 32.2. The fraction of sp³-hybridized carbons (Fsp3) is 0.222. The van der Waals surface area contributed by atoms with Crippen molar-refractivity contribution >= 4 is 11.8 Å². The predicted molar refractivity (Wildman–Crippen MR) is 91.3 cm³/mol. The molecular formula is C18H21NOS. The van der Waals surface area contributed by atoms with Crippen molar-refractivity contribution in [1.29, 1.82) is 0 Å². The molecule has 0 fully saturated rings. The molecule has 0 heterocycles. The first kappa shape index (κ1) is 15.7. The van der Waals surface area contributed by atoms with E-state index in [-0.39, 0.29) is 0 Å². The molecule has 0 unspecified atom stereocenters. The molecule has 0 atom stereocenters. The average molecular weight is 299 g/mol. The van der Waals surface area contributed by atoms with Gasteiger partial charge in [0.1, 0.15) is 11.5 Å². The molecule has 0 aromatic heterocycles. The van der Waals surface area contributed by atoms with E-state index in [1.807, 2.05) is 42.5 Å². The summed E-state index contributed by atoms with van der Waals surface area (Å²) in [4.78, 5) is 1.13. The van der Waals surface area contributed by atoms with Crippen molar-refractivity contribution in [2.75, 3.05) is 12.3 Å². The van der Waals surface area contributed by atoms with Crippen molar-refractivity contribution < 1.29 is 4.74 Å². The third-order valence-electron chi connectivity index (χ3n) is 3.05. The van der Waals surface area contributed by atoms with Crippen molar-refractivity contribution in [2.45, 2.75) is 17.7 Å². The van der Waals surface area contributed by atoms with Crippen LogP contribution in [0.1, 0.15) is 12.0 Å². The third-order valence-corrected chi connectivity index (χ3v) is 4.10. The topological polar surface area (TPSA) is 35.2 Å². The zero-order chi connectivity index (χ0) is 14.9. The van der Waals surface area contributed by atoms with Gasteiger partial charge in [0.05, 0.1) is 4.90 Å². The van der Waals surface area contributed by atoms with Gasteiger partial charge in [0.2, 0.25) is 0 Å². The lowest BCUT2D eigenvalue weighted by atomic mass is 10.1. The molecule has 2 N–H and O–H groups in total. The Balaban J connectivity index is 2.19. The van der Waals surface area contributed by atoms with Crippen molar-refractivity contribution in [3.05, 3.63) is 66.7 Å². The smallest absolute Gasteiger partial charge is 0.140 e. The minimum Gasteiger partial charge on any atom is -0.456 e. The highest BCUT2D eigenvalue weighted by molar-refractivity contribution is 7.99. The number of para-hydroxylation sites is 2. The summed E-state index contributed by atoms with van der Waals surface area (Å²) >= 11 is 1.73. The molecule has 0 saturated heterocycles. The van der Waals surface area contributed by atoms with Gasteiger partial charge in [-0.2, -0.15) is 0 Å². The molecule has 0 spiro atoms. The maximum atomic E-state index is 6.14. The molecule has 0 bridgehead atoms. The number of hydrogen-bond donors (Lipinski definition) is 1.